The van der Waals surface area contributed by atoms with E-state index in [9.17, 15) is 18.5 Å². The van der Waals surface area contributed by atoms with E-state index < -0.39 is 14.9 Å². The van der Waals surface area contributed by atoms with Gasteiger partial charge in [0.15, 0.2) is 0 Å². The van der Waals surface area contributed by atoms with Crippen molar-refractivity contribution in [1.29, 1.82) is 0 Å². The molecule has 0 saturated heterocycles. The molecule has 1 aromatic carbocycles. The highest BCUT2D eigenvalue weighted by Gasteiger charge is 2.18. The highest BCUT2D eigenvalue weighted by atomic mass is 35.5. The average molecular weight is 315 g/mol. The molecule has 0 aliphatic rings. The lowest BCUT2D eigenvalue weighted by atomic mass is 10.3. The summed E-state index contributed by atoms with van der Waals surface area (Å²) < 4.78 is 26.1. The van der Waals surface area contributed by atoms with Crippen molar-refractivity contribution in [3.05, 3.63) is 51.8 Å². The van der Waals surface area contributed by atoms with Crippen molar-refractivity contribution in [3.63, 3.8) is 0 Å². The SMILES string of the molecule is O=[N+]([O-])c1cccc(S(=O)(=O)Nc2nccc(Cl)n2)c1. The molecule has 0 aliphatic carbocycles. The Kier molecular flexibility index (Phi) is 3.81. The molecular weight excluding hydrogens is 308 g/mol. The minimum Gasteiger partial charge on any atom is -0.258 e. The first-order chi connectivity index (χ1) is 9.38. The third kappa shape index (κ3) is 3.19. The maximum atomic E-state index is 12.0. The quantitative estimate of drug-likeness (QED) is 0.523. The molecule has 0 radical (unpaired) electrons. The minimum absolute atomic E-state index is 0.0664. The van der Waals surface area contributed by atoms with Gasteiger partial charge in [-0.3, -0.25) is 10.1 Å². The van der Waals surface area contributed by atoms with Crippen LogP contribution in [-0.2, 0) is 10.0 Å². The van der Waals surface area contributed by atoms with Gasteiger partial charge in [-0.2, -0.15) is 0 Å². The molecule has 0 bridgehead atoms. The number of sulfonamides is 1. The van der Waals surface area contributed by atoms with Crippen LogP contribution in [0.1, 0.15) is 0 Å². The van der Waals surface area contributed by atoms with Crippen LogP contribution >= 0.6 is 11.6 Å². The number of rotatable bonds is 4. The fourth-order valence-electron chi connectivity index (χ4n) is 1.33. The van der Waals surface area contributed by atoms with Crippen LogP contribution in [0.4, 0.5) is 11.6 Å². The maximum Gasteiger partial charge on any atom is 0.270 e. The monoisotopic (exact) mass is 314 g/mol. The van der Waals surface area contributed by atoms with Crippen LogP contribution in [0, 0.1) is 10.1 Å². The number of nitrogens with zero attached hydrogens (tertiary/aromatic N) is 3. The van der Waals surface area contributed by atoms with Crippen LogP contribution in [-0.4, -0.2) is 23.3 Å². The molecular formula is C10H7ClN4O4S. The number of benzene rings is 1. The van der Waals surface area contributed by atoms with Gasteiger partial charge >= 0.3 is 0 Å². The molecule has 0 atom stereocenters. The van der Waals surface area contributed by atoms with Crippen LogP contribution < -0.4 is 4.72 Å². The molecule has 0 spiro atoms. The third-order valence-corrected chi connectivity index (χ3v) is 3.72. The smallest absolute Gasteiger partial charge is 0.258 e. The largest absolute Gasteiger partial charge is 0.270 e. The number of nitro groups is 1. The van der Waals surface area contributed by atoms with Gasteiger partial charge in [0.2, 0.25) is 5.95 Å². The summed E-state index contributed by atoms with van der Waals surface area (Å²) in [6.45, 7) is 0. The van der Waals surface area contributed by atoms with Crippen molar-refractivity contribution in [3.8, 4) is 0 Å². The van der Waals surface area contributed by atoms with Gasteiger partial charge in [-0.25, -0.2) is 23.1 Å². The summed E-state index contributed by atoms with van der Waals surface area (Å²) in [6.07, 6.45) is 1.28. The first-order valence-corrected chi connectivity index (χ1v) is 7.00. The van der Waals surface area contributed by atoms with Gasteiger partial charge in [-0.1, -0.05) is 17.7 Å². The zero-order chi connectivity index (χ0) is 14.8. The van der Waals surface area contributed by atoms with E-state index in [1.165, 1.54) is 30.5 Å². The number of anilines is 1. The molecule has 0 aliphatic heterocycles. The fraction of sp³-hybridized carbons (Fsp3) is 0. The van der Waals surface area contributed by atoms with E-state index in [4.69, 9.17) is 11.6 Å². The molecule has 104 valence electrons. The number of non-ortho nitro benzene ring substituents is 1. The first-order valence-electron chi connectivity index (χ1n) is 5.14. The Morgan fingerprint density at radius 2 is 2.05 bits per heavy atom. The Labute approximate surface area is 118 Å². The zero-order valence-electron chi connectivity index (χ0n) is 9.72. The summed E-state index contributed by atoms with van der Waals surface area (Å²) in [6, 6.07) is 6.00. The van der Waals surface area contributed by atoms with E-state index in [-0.39, 0.29) is 21.7 Å². The number of nitrogens with one attached hydrogen (secondary N) is 1. The zero-order valence-corrected chi connectivity index (χ0v) is 11.3. The van der Waals surface area contributed by atoms with Gasteiger partial charge in [-0.05, 0) is 12.1 Å². The highest BCUT2D eigenvalue weighted by Crippen LogP contribution is 2.19. The molecule has 10 heteroatoms. The molecule has 2 aromatic rings. The molecule has 1 N–H and O–H groups in total. The van der Waals surface area contributed by atoms with Gasteiger partial charge in [0.25, 0.3) is 15.7 Å². The number of halogens is 1. The summed E-state index contributed by atoms with van der Waals surface area (Å²) in [5, 5.41) is 10.7. The molecule has 0 unspecified atom stereocenters. The number of nitro benzene ring substituents is 1. The van der Waals surface area contributed by atoms with E-state index in [0.717, 1.165) is 6.07 Å². The van der Waals surface area contributed by atoms with E-state index in [2.05, 4.69) is 14.7 Å². The molecule has 1 aromatic heterocycles. The molecule has 20 heavy (non-hydrogen) atoms. The maximum absolute atomic E-state index is 12.0. The van der Waals surface area contributed by atoms with E-state index in [1.807, 2.05) is 0 Å². The molecule has 0 fully saturated rings. The Bertz CT molecular complexity index is 765. The number of hydrogen-bond acceptors (Lipinski definition) is 6. The minimum atomic E-state index is -4.02. The van der Waals surface area contributed by atoms with Crippen molar-refractivity contribution < 1.29 is 13.3 Å². The lowest BCUT2D eigenvalue weighted by Gasteiger charge is -2.06. The van der Waals surface area contributed by atoms with Crippen molar-refractivity contribution >= 4 is 33.3 Å². The van der Waals surface area contributed by atoms with Crippen molar-refractivity contribution in [2.24, 2.45) is 0 Å². The van der Waals surface area contributed by atoms with Crippen LogP contribution in [0.2, 0.25) is 5.15 Å². The van der Waals surface area contributed by atoms with Crippen LogP contribution in [0.15, 0.2) is 41.4 Å². The normalized spacial score (nSPS) is 11.1. The lowest BCUT2D eigenvalue weighted by molar-refractivity contribution is -0.385. The Balaban J connectivity index is 2.35. The van der Waals surface area contributed by atoms with Gasteiger partial charge in [0, 0.05) is 18.3 Å². The lowest BCUT2D eigenvalue weighted by Crippen LogP contribution is -2.15. The topological polar surface area (TPSA) is 115 Å². The van der Waals surface area contributed by atoms with Crippen LogP contribution in [0.25, 0.3) is 0 Å². The second-order valence-electron chi connectivity index (χ2n) is 3.56. The Morgan fingerprint density at radius 1 is 1.30 bits per heavy atom. The van der Waals surface area contributed by atoms with Crippen LogP contribution in [0.3, 0.4) is 0 Å². The van der Waals surface area contributed by atoms with Gasteiger partial charge < -0.3 is 0 Å². The number of aromatic nitrogens is 2. The first kappa shape index (κ1) is 14.2. The molecule has 0 saturated carbocycles. The molecule has 1 heterocycles. The van der Waals surface area contributed by atoms with Gasteiger partial charge in [0.1, 0.15) is 5.15 Å². The van der Waals surface area contributed by atoms with Gasteiger partial charge in [0.05, 0.1) is 9.82 Å². The summed E-state index contributed by atoms with van der Waals surface area (Å²) in [5.74, 6) is -0.219. The van der Waals surface area contributed by atoms with E-state index in [1.54, 1.807) is 0 Å². The second kappa shape index (κ2) is 5.39. The summed E-state index contributed by atoms with van der Waals surface area (Å²) in [4.78, 5) is 17.0. The van der Waals surface area contributed by atoms with Gasteiger partial charge in [-0.15, -0.1) is 0 Å². The third-order valence-electron chi connectivity index (χ3n) is 2.19. The average Bonchev–Trinajstić information content (AvgIpc) is 2.38. The highest BCUT2D eigenvalue weighted by molar-refractivity contribution is 7.92. The molecule has 0 amide bonds. The Morgan fingerprint density at radius 3 is 2.70 bits per heavy atom. The standard InChI is InChI=1S/C10H7ClN4O4S/c11-9-4-5-12-10(13-9)14-20(18,19)8-3-1-2-7(6-8)15(16)17/h1-6H,(H,12,13,14). The Hall–Kier alpha value is -2.26. The van der Waals surface area contributed by atoms with Crippen molar-refractivity contribution in [2.45, 2.75) is 4.90 Å². The molecule has 2 rings (SSSR count). The summed E-state index contributed by atoms with van der Waals surface area (Å²) in [7, 11) is -4.02. The van der Waals surface area contributed by atoms with Crippen LogP contribution in [0.5, 0.6) is 0 Å². The summed E-state index contributed by atoms with van der Waals surface area (Å²) in [5.41, 5.74) is -0.333. The predicted octanol–water partition coefficient (Wildman–Crippen LogP) is 1.84. The van der Waals surface area contributed by atoms with Crippen molar-refractivity contribution in [2.75, 3.05) is 4.72 Å². The van der Waals surface area contributed by atoms with E-state index >= 15 is 0 Å². The predicted molar refractivity (Wildman–Crippen MR) is 70.9 cm³/mol. The number of hydrogen-bond donors (Lipinski definition) is 1. The van der Waals surface area contributed by atoms with Crippen molar-refractivity contribution in [1.82, 2.24) is 9.97 Å². The second-order valence-corrected chi connectivity index (χ2v) is 5.63. The fourth-order valence-corrected chi connectivity index (χ4v) is 2.46. The summed E-state index contributed by atoms with van der Waals surface area (Å²) >= 11 is 5.61. The van der Waals surface area contributed by atoms with E-state index in [0.29, 0.717) is 0 Å². The molecule has 8 nitrogen and oxygen atoms in total.